The molecule has 0 fully saturated rings. The number of rotatable bonds is 7. The van der Waals surface area contributed by atoms with Crippen LogP contribution in [0.5, 0.6) is 17.2 Å². The van der Waals surface area contributed by atoms with Gasteiger partial charge in [0.05, 0.1) is 24.9 Å². The van der Waals surface area contributed by atoms with E-state index in [0.29, 0.717) is 22.9 Å². The number of anilines is 1. The number of amides is 1. The van der Waals surface area contributed by atoms with Crippen molar-refractivity contribution in [1.82, 2.24) is 10.2 Å². The number of fused-ring (bicyclic) bond motifs is 1. The highest BCUT2D eigenvalue weighted by molar-refractivity contribution is 5.96. The van der Waals surface area contributed by atoms with Crippen LogP contribution in [0.4, 0.5) is 5.69 Å². The molecule has 1 amide bonds. The number of hydrogen-bond acceptors (Lipinski definition) is 5. The average Bonchev–Trinajstić information content (AvgIpc) is 3.35. The number of methoxy groups -OCH3 is 1. The summed E-state index contributed by atoms with van der Waals surface area (Å²) in [7, 11) is 1.62. The number of aryl methyl sites for hydroxylation is 1. The average molecular weight is 393 g/mol. The van der Waals surface area contributed by atoms with Gasteiger partial charge in [-0.25, -0.2) is 0 Å². The first-order chi connectivity index (χ1) is 14.2. The van der Waals surface area contributed by atoms with E-state index in [9.17, 15) is 4.79 Å². The molecule has 0 unspecified atom stereocenters. The maximum absolute atomic E-state index is 12.7. The van der Waals surface area contributed by atoms with Crippen LogP contribution >= 0.6 is 0 Å². The Bertz CT molecular complexity index is 1010. The van der Waals surface area contributed by atoms with Crippen LogP contribution in [0, 0.1) is 0 Å². The fourth-order valence-electron chi connectivity index (χ4n) is 3.31. The zero-order chi connectivity index (χ0) is 20.2. The molecule has 2 aromatic carbocycles. The van der Waals surface area contributed by atoms with Crippen molar-refractivity contribution in [3.05, 3.63) is 53.7 Å². The Kier molecular flexibility index (Phi) is 5.37. The largest absolute Gasteiger partial charge is 0.497 e. The van der Waals surface area contributed by atoms with E-state index in [2.05, 4.69) is 22.4 Å². The summed E-state index contributed by atoms with van der Waals surface area (Å²) in [5.41, 5.74) is 4.07. The van der Waals surface area contributed by atoms with Gasteiger partial charge in [0.2, 0.25) is 12.7 Å². The molecule has 0 atom stereocenters. The Hall–Kier alpha value is -3.48. The molecule has 150 valence electrons. The van der Waals surface area contributed by atoms with Crippen LogP contribution in [0.15, 0.2) is 42.5 Å². The van der Waals surface area contributed by atoms with Gasteiger partial charge in [0.15, 0.2) is 11.5 Å². The summed E-state index contributed by atoms with van der Waals surface area (Å²) in [5.74, 6) is 2.05. The number of aromatic amines is 1. The van der Waals surface area contributed by atoms with Crippen molar-refractivity contribution in [1.29, 1.82) is 0 Å². The van der Waals surface area contributed by atoms with Gasteiger partial charge in [-0.3, -0.25) is 9.89 Å². The Labute approximate surface area is 169 Å². The highest BCUT2D eigenvalue weighted by Crippen LogP contribution is 2.38. The fraction of sp³-hybridized carbons (Fsp3) is 0.273. The quantitative estimate of drug-likeness (QED) is 0.635. The lowest BCUT2D eigenvalue weighted by molar-refractivity contribution is -0.115. The Morgan fingerprint density at radius 1 is 1.17 bits per heavy atom. The molecule has 0 saturated heterocycles. The van der Waals surface area contributed by atoms with Crippen molar-refractivity contribution < 1.29 is 19.0 Å². The minimum Gasteiger partial charge on any atom is -0.497 e. The van der Waals surface area contributed by atoms with Gasteiger partial charge in [0, 0.05) is 5.56 Å². The number of benzene rings is 2. The molecule has 3 aromatic rings. The molecule has 2 N–H and O–H groups in total. The van der Waals surface area contributed by atoms with Gasteiger partial charge in [-0.15, -0.1) is 0 Å². The third kappa shape index (κ3) is 4.03. The molecular weight excluding hydrogens is 370 g/mol. The van der Waals surface area contributed by atoms with Gasteiger partial charge in [-0.2, -0.15) is 5.10 Å². The van der Waals surface area contributed by atoms with E-state index in [1.165, 1.54) is 0 Å². The molecule has 0 spiro atoms. The number of H-pyrrole nitrogens is 1. The number of aromatic nitrogens is 2. The molecular formula is C22H23N3O4. The lowest BCUT2D eigenvalue weighted by atomic mass is 10.1. The van der Waals surface area contributed by atoms with Gasteiger partial charge in [0.25, 0.3) is 0 Å². The lowest BCUT2D eigenvalue weighted by Crippen LogP contribution is -2.15. The summed E-state index contributed by atoms with van der Waals surface area (Å²) in [6, 6.07) is 13.1. The van der Waals surface area contributed by atoms with Crippen molar-refractivity contribution in [2.45, 2.75) is 26.2 Å². The molecule has 0 radical (unpaired) electrons. The standard InChI is InChI=1S/C22H23N3O4/c1-3-4-17-22(23-20(26)11-14-5-8-16(27-2)9-6-14)21(25-24-17)15-7-10-18-19(12-15)29-13-28-18/h5-10,12H,3-4,11,13H2,1-2H3,(H,23,26)(H,24,25). The molecule has 1 aromatic heterocycles. The van der Waals surface area contributed by atoms with Crippen LogP contribution in [-0.2, 0) is 17.6 Å². The third-order valence-corrected chi connectivity index (χ3v) is 4.78. The number of ether oxygens (including phenoxy) is 3. The first kappa shape index (κ1) is 18.9. The van der Waals surface area contributed by atoms with E-state index in [4.69, 9.17) is 14.2 Å². The third-order valence-electron chi connectivity index (χ3n) is 4.78. The van der Waals surface area contributed by atoms with E-state index < -0.39 is 0 Å². The highest BCUT2D eigenvalue weighted by Gasteiger charge is 2.20. The Balaban J connectivity index is 1.58. The Morgan fingerprint density at radius 3 is 2.72 bits per heavy atom. The highest BCUT2D eigenvalue weighted by atomic mass is 16.7. The van der Waals surface area contributed by atoms with Crippen molar-refractivity contribution in [3.63, 3.8) is 0 Å². The number of nitrogens with one attached hydrogen (secondary N) is 2. The first-order valence-corrected chi connectivity index (χ1v) is 9.58. The van der Waals surface area contributed by atoms with Gasteiger partial charge in [0.1, 0.15) is 11.4 Å². The SMILES string of the molecule is CCCc1[nH]nc(-c2ccc3c(c2)OCO3)c1NC(=O)Cc1ccc(OC)cc1. The molecule has 0 bridgehead atoms. The lowest BCUT2D eigenvalue weighted by Gasteiger charge is -2.09. The number of carbonyl (C=O) groups excluding carboxylic acids is 1. The molecule has 4 rings (SSSR count). The molecule has 2 heterocycles. The van der Waals surface area contributed by atoms with Crippen LogP contribution in [0.25, 0.3) is 11.3 Å². The maximum atomic E-state index is 12.7. The van der Waals surface area contributed by atoms with Crippen LogP contribution in [0.3, 0.4) is 0 Å². The fourth-order valence-corrected chi connectivity index (χ4v) is 3.31. The van der Waals surface area contributed by atoms with E-state index >= 15 is 0 Å². The van der Waals surface area contributed by atoms with Crippen LogP contribution in [0.1, 0.15) is 24.6 Å². The minimum atomic E-state index is -0.101. The van der Waals surface area contributed by atoms with Crippen molar-refractivity contribution in [3.8, 4) is 28.5 Å². The summed E-state index contributed by atoms with van der Waals surface area (Å²) in [4.78, 5) is 12.7. The second-order valence-corrected chi connectivity index (χ2v) is 6.82. The van der Waals surface area contributed by atoms with Crippen molar-refractivity contribution in [2.75, 3.05) is 19.2 Å². The topological polar surface area (TPSA) is 85.5 Å². The monoisotopic (exact) mass is 393 g/mol. The van der Waals surface area contributed by atoms with Crippen molar-refractivity contribution >= 4 is 11.6 Å². The smallest absolute Gasteiger partial charge is 0.231 e. The zero-order valence-electron chi connectivity index (χ0n) is 16.5. The predicted octanol–water partition coefficient (Wildman–Crippen LogP) is 3.95. The summed E-state index contributed by atoms with van der Waals surface area (Å²) in [6.07, 6.45) is 1.99. The number of carbonyl (C=O) groups is 1. The van der Waals surface area contributed by atoms with E-state index in [0.717, 1.165) is 35.4 Å². The summed E-state index contributed by atoms with van der Waals surface area (Å²) in [6.45, 7) is 2.30. The summed E-state index contributed by atoms with van der Waals surface area (Å²) in [5, 5.41) is 10.6. The second-order valence-electron chi connectivity index (χ2n) is 6.82. The molecule has 7 nitrogen and oxygen atoms in total. The van der Waals surface area contributed by atoms with Gasteiger partial charge < -0.3 is 19.5 Å². The molecule has 29 heavy (non-hydrogen) atoms. The normalized spacial score (nSPS) is 12.1. The minimum absolute atomic E-state index is 0.101. The van der Waals surface area contributed by atoms with Gasteiger partial charge in [-0.05, 0) is 42.3 Å². The maximum Gasteiger partial charge on any atom is 0.231 e. The van der Waals surface area contributed by atoms with E-state index in [1.807, 2.05) is 42.5 Å². The molecule has 1 aliphatic heterocycles. The predicted molar refractivity (Wildman–Crippen MR) is 109 cm³/mol. The summed E-state index contributed by atoms with van der Waals surface area (Å²) < 4.78 is 16.0. The molecule has 7 heteroatoms. The van der Waals surface area contributed by atoms with E-state index in [1.54, 1.807) is 7.11 Å². The Morgan fingerprint density at radius 2 is 1.97 bits per heavy atom. The van der Waals surface area contributed by atoms with Gasteiger partial charge in [-0.1, -0.05) is 25.5 Å². The number of nitrogens with zero attached hydrogens (tertiary/aromatic N) is 1. The molecule has 0 saturated carbocycles. The van der Waals surface area contributed by atoms with Crippen LogP contribution in [-0.4, -0.2) is 30.0 Å². The first-order valence-electron chi connectivity index (χ1n) is 9.58. The second kappa shape index (κ2) is 8.26. The van der Waals surface area contributed by atoms with Crippen molar-refractivity contribution in [2.24, 2.45) is 0 Å². The van der Waals surface area contributed by atoms with Crippen LogP contribution < -0.4 is 19.5 Å². The summed E-state index contributed by atoms with van der Waals surface area (Å²) >= 11 is 0. The molecule has 0 aliphatic carbocycles. The molecule has 1 aliphatic rings. The number of hydrogen-bond donors (Lipinski definition) is 2. The van der Waals surface area contributed by atoms with E-state index in [-0.39, 0.29) is 19.1 Å². The zero-order valence-corrected chi connectivity index (χ0v) is 16.5. The van der Waals surface area contributed by atoms with Gasteiger partial charge >= 0.3 is 0 Å². The van der Waals surface area contributed by atoms with Crippen LogP contribution in [0.2, 0.25) is 0 Å².